The molecule has 0 aromatic heterocycles. The number of halogens is 1. The van der Waals surface area contributed by atoms with E-state index in [0.29, 0.717) is 16.4 Å². The number of nitrogens with zero attached hydrogens (tertiary/aromatic N) is 1. The van der Waals surface area contributed by atoms with Crippen LogP contribution in [-0.4, -0.2) is 17.0 Å². The van der Waals surface area contributed by atoms with Crippen molar-refractivity contribution in [2.75, 3.05) is 4.90 Å². The number of rotatable bonds is 2. The van der Waals surface area contributed by atoms with Gasteiger partial charge in [0, 0.05) is 10.7 Å². The van der Waals surface area contributed by atoms with Gasteiger partial charge in [-0.25, -0.2) is 4.79 Å². The highest BCUT2D eigenvalue weighted by molar-refractivity contribution is 6.31. The van der Waals surface area contributed by atoms with Crippen LogP contribution in [0.5, 0.6) is 0 Å². The lowest BCUT2D eigenvalue weighted by Crippen LogP contribution is -2.23. The lowest BCUT2D eigenvalue weighted by atomic mass is 10.2. The number of aliphatic carboxylic acids is 1. The maximum Gasteiger partial charge on any atom is 0.333 e. The molecule has 0 unspecified atom stereocenters. The van der Waals surface area contributed by atoms with E-state index < -0.39 is 5.97 Å². The molecule has 1 heterocycles. The molecule has 0 spiro atoms. The van der Waals surface area contributed by atoms with E-state index in [1.165, 1.54) is 4.90 Å². The average molecular weight is 252 g/mol. The second-order valence-electron chi connectivity index (χ2n) is 3.75. The zero-order chi connectivity index (χ0) is 12.6. The summed E-state index contributed by atoms with van der Waals surface area (Å²) in [7, 11) is 0. The van der Waals surface area contributed by atoms with E-state index in [9.17, 15) is 9.59 Å². The molecule has 0 saturated carbocycles. The summed E-state index contributed by atoms with van der Waals surface area (Å²) in [4.78, 5) is 24.1. The number of carboxylic acids is 1. The summed E-state index contributed by atoms with van der Waals surface area (Å²) in [6.45, 7) is 1.62. The molecule has 0 aliphatic carbocycles. The normalized spacial score (nSPS) is 15.6. The fourth-order valence-electron chi connectivity index (χ4n) is 1.86. The fraction of sp³-hybridized carbons (Fsp3) is 0.167. The van der Waals surface area contributed by atoms with Gasteiger partial charge in [-0.2, -0.15) is 0 Å². The SMILES string of the molecule is CC1=C(C(=O)O)CC(=O)N1c1cccc(Cl)c1. The van der Waals surface area contributed by atoms with E-state index in [0.717, 1.165) is 0 Å². The van der Waals surface area contributed by atoms with Gasteiger partial charge in [-0.15, -0.1) is 0 Å². The summed E-state index contributed by atoms with van der Waals surface area (Å²) in [6.07, 6.45) is -0.0757. The monoisotopic (exact) mass is 251 g/mol. The van der Waals surface area contributed by atoms with Crippen molar-refractivity contribution in [2.45, 2.75) is 13.3 Å². The summed E-state index contributed by atoms with van der Waals surface area (Å²) < 4.78 is 0. The van der Waals surface area contributed by atoms with Gasteiger partial charge in [-0.05, 0) is 25.1 Å². The van der Waals surface area contributed by atoms with Crippen LogP contribution in [0.3, 0.4) is 0 Å². The molecular weight excluding hydrogens is 242 g/mol. The molecule has 1 aromatic rings. The largest absolute Gasteiger partial charge is 0.478 e. The summed E-state index contributed by atoms with van der Waals surface area (Å²) >= 11 is 5.85. The second kappa shape index (κ2) is 4.22. The summed E-state index contributed by atoms with van der Waals surface area (Å²) in [5.41, 5.74) is 1.18. The maximum absolute atomic E-state index is 11.8. The molecule has 0 fully saturated rings. The summed E-state index contributed by atoms with van der Waals surface area (Å²) in [6, 6.07) is 6.77. The first-order valence-electron chi connectivity index (χ1n) is 5.02. The number of carboxylic acid groups (broad SMARTS) is 1. The van der Waals surface area contributed by atoms with E-state index in [2.05, 4.69) is 0 Å². The molecule has 4 nitrogen and oxygen atoms in total. The molecule has 1 aliphatic rings. The zero-order valence-electron chi connectivity index (χ0n) is 9.11. The van der Waals surface area contributed by atoms with Gasteiger partial charge in [0.2, 0.25) is 5.91 Å². The Kier molecular flexibility index (Phi) is 2.90. The van der Waals surface area contributed by atoms with Crippen LogP contribution in [-0.2, 0) is 9.59 Å². The second-order valence-corrected chi connectivity index (χ2v) is 4.19. The highest BCUT2D eigenvalue weighted by Gasteiger charge is 2.32. The highest BCUT2D eigenvalue weighted by atomic mass is 35.5. The number of anilines is 1. The van der Waals surface area contributed by atoms with Gasteiger partial charge in [0.1, 0.15) is 0 Å². The molecule has 1 amide bonds. The van der Waals surface area contributed by atoms with Crippen molar-refractivity contribution < 1.29 is 14.7 Å². The Hall–Kier alpha value is -1.81. The van der Waals surface area contributed by atoms with Gasteiger partial charge < -0.3 is 5.11 Å². The average Bonchev–Trinajstić information content (AvgIpc) is 2.54. The Morgan fingerprint density at radius 1 is 1.47 bits per heavy atom. The van der Waals surface area contributed by atoms with Gasteiger partial charge in [-0.1, -0.05) is 17.7 Å². The zero-order valence-corrected chi connectivity index (χ0v) is 9.86. The Labute approximate surface area is 103 Å². The van der Waals surface area contributed by atoms with Crippen molar-refractivity contribution in [1.82, 2.24) is 0 Å². The Balaban J connectivity index is 2.46. The standard InChI is InChI=1S/C12H10ClNO3/c1-7-10(12(16)17)6-11(15)14(7)9-4-2-3-8(13)5-9/h2-5H,6H2,1H3,(H,16,17). The van der Waals surface area contributed by atoms with Crippen LogP contribution in [0.25, 0.3) is 0 Å². The maximum atomic E-state index is 11.8. The molecule has 0 atom stereocenters. The molecule has 0 bridgehead atoms. The lowest BCUT2D eigenvalue weighted by Gasteiger charge is -2.18. The van der Waals surface area contributed by atoms with E-state index in [1.807, 2.05) is 0 Å². The Morgan fingerprint density at radius 2 is 2.18 bits per heavy atom. The van der Waals surface area contributed by atoms with Crippen molar-refractivity contribution in [1.29, 1.82) is 0 Å². The smallest absolute Gasteiger partial charge is 0.333 e. The predicted molar refractivity (Wildman–Crippen MR) is 63.9 cm³/mol. The number of allylic oxidation sites excluding steroid dienone is 1. The summed E-state index contributed by atoms with van der Waals surface area (Å²) in [5.74, 6) is -1.30. The van der Waals surface area contributed by atoms with E-state index >= 15 is 0 Å². The topological polar surface area (TPSA) is 57.6 Å². The van der Waals surface area contributed by atoms with Crippen LogP contribution in [0, 0.1) is 0 Å². The number of hydrogen-bond donors (Lipinski definition) is 1. The molecule has 88 valence electrons. The quantitative estimate of drug-likeness (QED) is 0.878. The van der Waals surface area contributed by atoms with Gasteiger partial charge in [-0.3, -0.25) is 9.69 Å². The lowest BCUT2D eigenvalue weighted by molar-refractivity contribution is -0.133. The summed E-state index contributed by atoms with van der Waals surface area (Å²) in [5, 5.41) is 9.46. The third-order valence-corrected chi connectivity index (χ3v) is 2.91. The van der Waals surface area contributed by atoms with Crippen molar-refractivity contribution >= 4 is 29.2 Å². The van der Waals surface area contributed by atoms with E-state index in [1.54, 1.807) is 31.2 Å². The fourth-order valence-corrected chi connectivity index (χ4v) is 2.05. The number of amides is 1. The van der Waals surface area contributed by atoms with Crippen LogP contribution in [0.4, 0.5) is 5.69 Å². The third-order valence-electron chi connectivity index (χ3n) is 2.67. The Morgan fingerprint density at radius 3 is 2.71 bits per heavy atom. The van der Waals surface area contributed by atoms with Gasteiger partial charge in [0.15, 0.2) is 0 Å². The first-order valence-corrected chi connectivity index (χ1v) is 5.40. The van der Waals surface area contributed by atoms with Crippen molar-refractivity contribution in [3.05, 3.63) is 40.6 Å². The molecular formula is C12H10ClNO3. The molecule has 1 aliphatic heterocycles. The van der Waals surface area contributed by atoms with Crippen LogP contribution in [0.1, 0.15) is 13.3 Å². The van der Waals surface area contributed by atoms with Crippen molar-refractivity contribution in [2.24, 2.45) is 0 Å². The van der Waals surface area contributed by atoms with Crippen LogP contribution in [0.15, 0.2) is 35.5 Å². The van der Waals surface area contributed by atoms with E-state index in [4.69, 9.17) is 16.7 Å². The molecule has 1 N–H and O–H groups in total. The van der Waals surface area contributed by atoms with Crippen LogP contribution in [0.2, 0.25) is 5.02 Å². The van der Waals surface area contributed by atoms with Crippen LogP contribution >= 0.6 is 11.6 Å². The highest BCUT2D eigenvalue weighted by Crippen LogP contribution is 2.31. The number of benzene rings is 1. The number of hydrogen-bond acceptors (Lipinski definition) is 2. The minimum Gasteiger partial charge on any atom is -0.478 e. The molecule has 1 aromatic carbocycles. The third kappa shape index (κ3) is 2.03. The minimum absolute atomic E-state index is 0.0757. The van der Waals surface area contributed by atoms with Crippen molar-refractivity contribution in [3.63, 3.8) is 0 Å². The van der Waals surface area contributed by atoms with Crippen molar-refractivity contribution in [3.8, 4) is 0 Å². The Bertz CT molecular complexity index is 536. The molecule has 5 heteroatoms. The molecule has 17 heavy (non-hydrogen) atoms. The van der Waals surface area contributed by atoms with Crippen LogP contribution < -0.4 is 4.90 Å². The van der Waals surface area contributed by atoms with E-state index in [-0.39, 0.29) is 17.9 Å². The first-order chi connectivity index (χ1) is 8.00. The molecule has 2 rings (SSSR count). The number of carbonyl (C=O) groups excluding carboxylic acids is 1. The predicted octanol–water partition coefficient (Wildman–Crippen LogP) is 2.44. The van der Waals surface area contributed by atoms with Gasteiger partial charge in [0.05, 0.1) is 17.7 Å². The number of carbonyl (C=O) groups is 2. The molecule has 0 radical (unpaired) electrons. The van der Waals surface area contributed by atoms with Gasteiger partial charge in [0.25, 0.3) is 0 Å². The first kappa shape index (κ1) is 11.7. The van der Waals surface area contributed by atoms with Gasteiger partial charge >= 0.3 is 5.97 Å². The minimum atomic E-state index is -1.06. The molecule has 0 saturated heterocycles.